The minimum absolute atomic E-state index is 0.0667. The lowest BCUT2D eigenvalue weighted by molar-refractivity contribution is 0.590. The van der Waals surface area contributed by atoms with Crippen molar-refractivity contribution in [2.24, 2.45) is 0 Å². The smallest absolute Gasteiger partial charge is 0.313 e. The van der Waals surface area contributed by atoms with Gasteiger partial charge in [0.25, 0.3) is 0 Å². The molecular weight excluding hydrogens is 340 g/mol. The molecule has 0 saturated carbocycles. The van der Waals surface area contributed by atoms with Gasteiger partial charge in [-0.25, -0.2) is 9.97 Å². The van der Waals surface area contributed by atoms with Crippen LogP contribution in [0.5, 0.6) is 0 Å². The van der Waals surface area contributed by atoms with Crippen LogP contribution in [-0.4, -0.2) is 32.8 Å². The summed E-state index contributed by atoms with van der Waals surface area (Å²) in [5.74, 6) is 2.18. The Balaban J connectivity index is 1.52. The van der Waals surface area contributed by atoms with E-state index in [4.69, 9.17) is 15.1 Å². The minimum Gasteiger partial charge on any atom is -0.404 e. The zero-order valence-electron chi connectivity index (χ0n) is 15.1. The van der Waals surface area contributed by atoms with Crippen LogP contribution >= 0.6 is 0 Å². The number of aromatic nitrogens is 4. The third kappa shape index (κ3) is 2.75. The van der Waals surface area contributed by atoms with Crippen molar-refractivity contribution in [1.29, 1.82) is 0 Å². The van der Waals surface area contributed by atoms with Crippen LogP contribution in [0.3, 0.4) is 0 Å². The molecule has 2 N–H and O–H groups in total. The number of hydrogen-bond donors (Lipinski definition) is 1. The third-order valence-electron chi connectivity index (χ3n) is 5.34. The molecule has 3 aromatic rings. The van der Waals surface area contributed by atoms with E-state index in [1.165, 1.54) is 18.4 Å². The van der Waals surface area contributed by atoms with E-state index in [-0.39, 0.29) is 6.01 Å². The fourth-order valence-electron chi connectivity index (χ4n) is 3.94. The van der Waals surface area contributed by atoms with Gasteiger partial charge in [-0.2, -0.15) is 0 Å². The van der Waals surface area contributed by atoms with E-state index < -0.39 is 0 Å². The van der Waals surface area contributed by atoms with Gasteiger partial charge in [0.05, 0.1) is 0 Å². The molecule has 1 saturated heterocycles. The first-order valence-electron chi connectivity index (χ1n) is 9.22. The SMILES string of the molecule is CC1CCCN1c1ccnc(C2=CCc3ccc(-c4nnc(N)o4)cc32)n1. The van der Waals surface area contributed by atoms with Crippen molar-refractivity contribution in [3.8, 4) is 11.5 Å². The van der Waals surface area contributed by atoms with E-state index >= 15 is 0 Å². The van der Waals surface area contributed by atoms with E-state index in [0.29, 0.717) is 11.9 Å². The summed E-state index contributed by atoms with van der Waals surface area (Å²) < 4.78 is 5.37. The highest BCUT2D eigenvalue weighted by Gasteiger charge is 2.24. The largest absolute Gasteiger partial charge is 0.404 e. The number of nitrogens with zero attached hydrogens (tertiary/aromatic N) is 5. The summed E-state index contributed by atoms with van der Waals surface area (Å²) in [6, 6.07) is 8.70. The maximum atomic E-state index is 5.56. The van der Waals surface area contributed by atoms with Gasteiger partial charge >= 0.3 is 6.01 Å². The van der Waals surface area contributed by atoms with Crippen LogP contribution in [0.1, 0.15) is 36.7 Å². The Bertz CT molecular complexity index is 1040. The minimum atomic E-state index is 0.0667. The van der Waals surface area contributed by atoms with Crippen molar-refractivity contribution in [1.82, 2.24) is 20.2 Å². The van der Waals surface area contributed by atoms with Crippen molar-refractivity contribution >= 4 is 17.4 Å². The maximum absolute atomic E-state index is 5.56. The predicted molar refractivity (Wildman–Crippen MR) is 103 cm³/mol. The van der Waals surface area contributed by atoms with Crippen LogP contribution in [0.2, 0.25) is 0 Å². The van der Waals surface area contributed by atoms with Crippen molar-refractivity contribution in [3.05, 3.63) is 53.5 Å². The standard InChI is InChI=1S/C20H20N6O/c1-12-3-2-10-26(12)17-8-9-22-18(23-17)15-7-6-13-4-5-14(11-16(13)15)19-24-25-20(21)27-19/h4-5,7-9,11-12H,2-3,6,10H2,1H3,(H2,21,25). The number of rotatable bonds is 3. The lowest BCUT2D eigenvalue weighted by Gasteiger charge is -2.22. The van der Waals surface area contributed by atoms with E-state index in [2.05, 4.69) is 45.2 Å². The van der Waals surface area contributed by atoms with Crippen molar-refractivity contribution in [2.45, 2.75) is 32.2 Å². The van der Waals surface area contributed by atoms with Crippen LogP contribution in [0.15, 0.2) is 41.0 Å². The van der Waals surface area contributed by atoms with E-state index in [1.54, 1.807) is 0 Å². The molecule has 1 atom stereocenters. The van der Waals surface area contributed by atoms with Gasteiger partial charge in [0.2, 0.25) is 5.89 Å². The van der Waals surface area contributed by atoms with Crippen LogP contribution in [-0.2, 0) is 6.42 Å². The van der Waals surface area contributed by atoms with Crippen LogP contribution in [0.25, 0.3) is 17.0 Å². The molecule has 1 aliphatic heterocycles. The lowest BCUT2D eigenvalue weighted by atomic mass is 10.0. The summed E-state index contributed by atoms with van der Waals surface area (Å²) in [6.45, 7) is 3.30. The van der Waals surface area contributed by atoms with Gasteiger partial charge in [-0.3, -0.25) is 0 Å². The van der Waals surface area contributed by atoms with Gasteiger partial charge in [0, 0.05) is 29.9 Å². The number of nitrogens with two attached hydrogens (primary N) is 1. The van der Waals surface area contributed by atoms with Gasteiger partial charge in [-0.05, 0) is 55.5 Å². The quantitative estimate of drug-likeness (QED) is 0.767. The zero-order chi connectivity index (χ0) is 18.4. The molecule has 2 aromatic heterocycles. The van der Waals surface area contributed by atoms with Crippen LogP contribution in [0.4, 0.5) is 11.8 Å². The van der Waals surface area contributed by atoms with Crippen molar-refractivity contribution < 1.29 is 4.42 Å². The molecule has 0 amide bonds. The highest BCUT2D eigenvalue weighted by molar-refractivity contribution is 5.84. The highest BCUT2D eigenvalue weighted by Crippen LogP contribution is 2.35. The molecule has 7 nitrogen and oxygen atoms in total. The highest BCUT2D eigenvalue weighted by atomic mass is 16.4. The fourth-order valence-corrected chi connectivity index (χ4v) is 3.94. The number of allylic oxidation sites excluding steroid dienone is 1. The van der Waals surface area contributed by atoms with Gasteiger partial charge in [0.15, 0.2) is 5.82 Å². The second-order valence-electron chi connectivity index (χ2n) is 7.06. The summed E-state index contributed by atoms with van der Waals surface area (Å²) in [5.41, 5.74) is 9.80. The number of fused-ring (bicyclic) bond motifs is 1. The molecule has 2 aliphatic rings. The first-order chi connectivity index (χ1) is 13.2. The molecule has 27 heavy (non-hydrogen) atoms. The van der Waals surface area contributed by atoms with E-state index in [1.807, 2.05) is 18.3 Å². The summed E-state index contributed by atoms with van der Waals surface area (Å²) in [6.07, 6.45) is 7.32. The molecule has 0 spiro atoms. The monoisotopic (exact) mass is 360 g/mol. The Hall–Kier alpha value is -3.22. The van der Waals surface area contributed by atoms with Crippen LogP contribution < -0.4 is 10.6 Å². The normalized spacial score (nSPS) is 18.6. The number of benzene rings is 1. The summed E-state index contributed by atoms with van der Waals surface area (Å²) >= 11 is 0. The molecule has 7 heteroatoms. The fraction of sp³-hybridized carbons (Fsp3) is 0.300. The van der Waals surface area contributed by atoms with Crippen molar-refractivity contribution in [3.63, 3.8) is 0 Å². The topological polar surface area (TPSA) is 94.0 Å². The Morgan fingerprint density at radius 3 is 2.93 bits per heavy atom. The molecule has 5 rings (SSSR count). The summed E-state index contributed by atoms with van der Waals surface area (Å²) in [4.78, 5) is 11.8. The molecular formula is C20H20N6O. The van der Waals surface area contributed by atoms with Gasteiger partial charge in [-0.1, -0.05) is 17.2 Å². The molecule has 136 valence electrons. The van der Waals surface area contributed by atoms with E-state index in [9.17, 15) is 0 Å². The summed E-state index contributed by atoms with van der Waals surface area (Å²) in [7, 11) is 0. The average molecular weight is 360 g/mol. The number of nitrogen functional groups attached to an aromatic ring is 1. The molecule has 0 radical (unpaired) electrons. The Morgan fingerprint density at radius 2 is 2.15 bits per heavy atom. The Kier molecular flexibility index (Phi) is 3.67. The lowest BCUT2D eigenvalue weighted by Crippen LogP contribution is -2.27. The third-order valence-corrected chi connectivity index (χ3v) is 5.34. The molecule has 1 aromatic carbocycles. The van der Waals surface area contributed by atoms with Crippen LogP contribution in [0, 0.1) is 0 Å². The maximum Gasteiger partial charge on any atom is 0.313 e. The second kappa shape index (κ2) is 6.19. The van der Waals surface area contributed by atoms with Gasteiger partial charge < -0.3 is 15.1 Å². The molecule has 1 aliphatic carbocycles. The number of hydrogen-bond acceptors (Lipinski definition) is 7. The molecule has 1 fully saturated rings. The average Bonchev–Trinajstić information content (AvgIpc) is 3.40. The first-order valence-corrected chi connectivity index (χ1v) is 9.22. The van der Waals surface area contributed by atoms with Crippen molar-refractivity contribution in [2.75, 3.05) is 17.2 Å². The number of anilines is 2. The molecule has 0 bridgehead atoms. The molecule has 1 unspecified atom stereocenters. The predicted octanol–water partition coefficient (Wildman–Crippen LogP) is 3.09. The van der Waals surface area contributed by atoms with Gasteiger partial charge in [-0.15, -0.1) is 5.10 Å². The Morgan fingerprint density at radius 1 is 1.22 bits per heavy atom. The Labute approximate surface area is 157 Å². The zero-order valence-corrected chi connectivity index (χ0v) is 15.1. The second-order valence-corrected chi connectivity index (χ2v) is 7.06. The molecule has 3 heterocycles. The van der Waals surface area contributed by atoms with E-state index in [0.717, 1.165) is 41.3 Å². The summed E-state index contributed by atoms with van der Waals surface area (Å²) in [5, 5.41) is 7.73. The first kappa shape index (κ1) is 16.0. The van der Waals surface area contributed by atoms with Gasteiger partial charge in [0.1, 0.15) is 5.82 Å².